The normalized spacial score (nSPS) is 11.6. The summed E-state index contributed by atoms with van der Waals surface area (Å²) in [6.45, 7) is -3.13. The lowest BCUT2D eigenvalue weighted by atomic mass is 10.3. The number of benzene rings is 2. The van der Waals surface area contributed by atoms with Crippen LogP contribution in [0.5, 0.6) is 11.5 Å². The van der Waals surface area contributed by atoms with Crippen LogP contribution < -0.4 is 8.92 Å². The average molecular weight is 371 g/mol. The topological polar surface area (TPSA) is 52.6 Å². The molecule has 4 nitrogen and oxygen atoms in total. The second kappa shape index (κ2) is 6.63. The zero-order chi connectivity index (χ0) is 17.2. The van der Waals surface area contributed by atoms with Crippen molar-refractivity contribution < 1.29 is 34.9 Å². The zero-order valence-electron chi connectivity index (χ0n) is 11.0. The highest BCUT2D eigenvalue weighted by molar-refractivity contribution is 7.87. The lowest BCUT2D eigenvalue weighted by Crippen LogP contribution is -2.10. The molecule has 124 valence electrons. The first-order valence-corrected chi connectivity index (χ1v) is 7.61. The van der Waals surface area contributed by atoms with Crippen molar-refractivity contribution in [3.63, 3.8) is 0 Å². The van der Waals surface area contributed by atoms with Crippen LogP contribution in [0.4, 0.5) is 17.6 Å². The fraction of sp³-hybridized carbons (Fsp3) is 0.0769. The van der Waals surface area contributed by atoms with E-state index in [9.17, 15) is 26.0 Å². The van der Waals surface area contributed by atoms with Crippen molar-refractivity contribution in [3.05, 3.63) is 53.1 Å². The molecular formula is C13H7ClF4O4S. The third-order valence-corrected chi connectivity index (χ3v) is 4.04. The van der Waals surface area contributed by atoms with Crippen molar-refractivity contribution in [2.24, 2.45) is 0 Å². The Morgan fingerprint density at radius 3 is 2.26 bits per heavy atom. The van der Waals surface area contributed by atoms with Crippen LogP contribution >= 0.6 is 11.6 Å². The number of rotatable bonds is 5. The minimum atomic E-state index is -4.43. The number of hydrogen-bond donors (Lipinski definition) is 0. The van der Waals surface area contributed by atoms with Crippen LogP contribution in [-0.2, 0) is 10.1 Å². The quantitative estimate of drug-likeness (QED) is 0.590. The Balaban J connectivity index is 2.28. The van der Waals surface area contributed by atoms with Gasteiger partial charge in [-0.3, -0.25) is 0 Å². The van der Waals surface area contributed by atoms with E-state index >= 15 is 0 Å². The van der Waals surface area contributed by atoms with E-state index in [-0.39, 0.29) is 5.02 Å². The van der Waals surface area contributed by atoms with Gasteiger partial charge in [0.25, 0.3) is 0 Å². The number of halogens is 5. The van der Waals surface area contributed by atoms with Crippen molar-refractivity contribution in [2.45, 2.75) is 11.5 Å². The number of alkyl halides is 2. The van der Waals surface area contributed by atoms with Gasteiger partial charge in [-0.15, -0.1) is 0 Å². The van der Waals surface area contributed by atoms with E-state index < -0.39 is 44.8 Å². The molecule has 0 N–H and O–H groups in total. The van der Waals surface area contributed by atoms with E-state index in [4.69, 9.17) is 11.6 Å². The smallest absolute Gasteiger partial charge is 0.387 e. The molecule has 0 saturated carbocycles. The van der Waals surface area contributed by atoms with E-state index in [2.05, 4.69) is 8.92 Å². The van der Waals surface area contributed by atoms with Gasteiger partial charge in [0.1, 0.15) is 16.4 Å². The molecule has 0 saturated heterocycles. The lowest BCUT2D eigenvalue weighted by molar-refractivity contribution is -0.0498. The summed E-state index contributed by atoms with van der Waals surface area (Å²) in [4.78, 5) is -0.478. The SMILES string of the molecule is O=S(=O)(Oc1ccc(F)c(F)c1)c1ccc(OC(F)F)c(Cl)c1. The third kappa shape index (κ3) is 4.26. The van der Waals surface area contributed by atoms with E-state index in [1.165, 1.54) is 0 Å². The van der Waals surface area contributed by atoms with Crippen molar-refractivity contribution in [1.29, 1.82) is 0 Å². The van der Waals surface area contributed by atoms with Crippen molar-refractivity contribution in [2.75, 3.05) is 0 Å². The molecule has 0 spiro atoms. The molecule has 10 heteroatoms. The molecule has 0 heterocycles. The van der Waals surface area contributed by atoms with E-state index in [1.807, 2.05) is 0 Å². The van der Waals surface area contributed by atoms with Gasteiger partial charge in [-0.1, -0.05) is 11.6 Å². The van der Waals surface area contributed by atoms with E-state index in [1.54, 1.807) is 0 Å². The second-order valence-electron chi connectivity index (χ2n) is 4.08. The van der Waals surface area contributed by atoms with Gasteiger partial charge in [0, 0.05) is 6.07 Å². The lowest BCUT2D eigenvalue weighted by Gasteiger charge is -2.10. The van der Waals surface area contributed by atoms with E-state index in [0.29, 0.717) is 12.1 Å². The molecule has 0 bridgehead atoms. The van der Waals surface area contributed by atoms with Gasteiger partial charge in [0.2, 0.25) is 0 Å². The number of ether oxygens (including phenoxy) is 1. The fourth-order valence-electron chi connectivity index (χ4n) is 1.53. The monoisotopic (exact) mass is 370 g/mol. The molecule has 2 aromatic rings. The molecule has 0 fully saturated rings. The summed E-state index contributed by atoms with van der Waals surface area (Å²) in [5.41, 5.74) is 0. The summed E-state index contributed by atoms with van der Waals surface area (Å²) in [7, 11) is -4.43. The Bertz CT molecular complexity index is 827. The van der Waals surface area contributed by atoms with Crippen molar-refractivity contribution in [1.82, 2.24) is 0 Å². The molecule has 0 radical (unpaired) electrons. The minimum Gasteiger partial charge on any atom is -0.433 e. The number of hydrogen-bond acceptors (Lipinski definition) is 4. The summed E-state index contributed by atoms with van der Waals surface area (Å²) in [6.07, 6.45) is 0. The Hall–Kier alpha value is -2.00. The molecule has 0 aliphatic rings. The van der Waals surface area contributed by atoms with Gasteiger partial charge >= 0.3 is 16.7 Å². The molecule has 0 atom stereocenters. The standard InChI is InChI=1S/C13H7ClF4O4S/c14-9-6-8(2-4-12(9)21-13(17)18)23(19,20)22-7-1-3-10(15)11(16)5-7/h1-6,13H. The summed E-state index contributed by atoms with van der Waals surface area (Å²) in [6, 6.07) is 4.80. The maximum atomic E-state index is 13.0. The zero-order valence-corrected chi connectivity index (χ0v) is 12.5. The molecule has 0 unspecified atom stereocenters. The largest absolute Gasteiger partial charge is 0.433 e. The predicted molar refractivity (Wildman–Crippen MR) is 72.3 cm³/mol. The Morgan fingerprint density at radius 2 is 1.70 bits per heavy atom. The predicted octanol–water partition coefficient (Wildman–Crippen LogP) is 3.99. The molecule has 23 heavy (non-hydrogen) atoms. The van der Waals surface area contributed by atoms with Gasteiger partial charge < -0.3 is 8.92 Å². The Morgan fingerprint density at radius 1 is 1.00 bits per heavy atom. The van der Waals surface area contributed by atoms with Gasteiger partial charge in [-0.2, -0.15) is 17.2 Å². The molecule has 0 aliphatic heterocycles. The maximum absolute atomic E-state index is 13.0. The second-order valence-corrected chi connectivity index (χ2v) is 6.04. The van der Waals surface area contributed by atoms with Crippen LogP contribution in [0, 0.1) is 11.6 Å². The van der Waals surface area contributed by atoms with Gasteiger partial charge in [-0.05, 0) is 30.3 Å². The average Bonchev–Trinajstić information content (AvgIpc) is 2.44. The van der Waals surface area contributed by atoms with Crippen LogP contribution in [0.15, 0.2) is 41.3 Å². The maximum Gasteiger partial charge on any atom is 0.387 e. The molecule has 0 amide bonds. The van der Waals surface area contributed by atoms with Crippen LogP contribution in [0.1, 0.15) is 0 Å². The summed E-state index contributed by atoms with van der Waals surface area (Å²) < 4.78 is 82.7. The molecule has 2 rings (SSSR count). The van der Waals surface area contributed by atoms with Crippen LogP contribution in [0.25, 0.3) is 0 Å². The van der Waals surface area contributed by atoms with Crippen molar-refractivity contribution in [3.8, 4) is 11.5 Å². The molecule has 0 aromatic heterocycles. The Kier molecular flexibility index (Phi) is 5.00. The molecule has 2 aromatic carbocycles. The van der Waals surface area contributed by atoms with Crippen molar-refractivity contribution >= 4 is 21.7 Å². The van der Waals surface area contributed by atoms with Gasteiger partial charge in [-0.25, -0.2) is 8.78 Å². The first-order valence-electron chi connectivity index (χ1n) is 5.83. The summed E-state index contributed by atoms with van der Waals surface area (Å²) >= 11 is 5.64. The highest BCUT2D eigenvalue weighted by Crippen LogP contribution is 2.30. The van der Waals surface area contributed by atoms with Gasteiger partial charge in [0.05, 0.1) is 5.02 Å². The highest BCUT2D eigenvalue weighted by atomic mass is 35.5. The Labute approximate surface area is 133 Å². The highest BCUT2D eigenvalue weighted by Gasteiger charge is 2.20. The van der Waals surface area contributed by atoms with Crippen LogP contribution in [-0.4, -0.2) is 15.0 Å². The molecular weight excluding hydrogens is 364 g/mol. The first-order chi connectivity index (χ1) is 10.7. The minimum absolute atomic E-state index is 0.389. The van der Waals surface area contributed by atoms with Crippen LogP contribution in [0.2, 0.25) is 5.02 Å². The van der Waals surface area contributed by atoms with Gasteiger partial charge in [0.15, 0.2) is 11.6 Å². The first kappa shape index (κ1) is 17.4. The van der Waals surface area contributed by atoms with Crippen LogP contribution in [0.3, 0.4) is 0 Å². The molecule has 0 aliphatic carbocycles. The summed E-state index contributed by atoms with van der Waals surface area (Å²) in [5.74, 6) is -3.36. The third-order valence-electron chi connectivity index (χ3n) is 2.51. The fourth-order valence-corrected chi connectivity index (χ4v) is 2.77. The van der Waals surface area contributed by atoms with E-state index in [0.717, 1.165) is 24.3 Å². The summed E-state index contributed by atoms with van der Waals surface area (Å²) in [5, 5.41) is -0.389.